The van der Waals surface area contributed by atoms with Crippen LogP contribution in [-0.2, 0) is 0 Å². The maximum atomic E-state index is 12.6. The molecule has 1 aliphatic carbocycles. The van der Waals surface area contributed by atoms with Gasteiger partial charge in [-0.05, 0) is 38.3 Å². The first-order chi connectivity index (χ1) is 10.1. The van der Waals surface area contributed by atoms with Crippen LogP contribution in [0.25, 0.3) is 0 Å². The molecule has 1 unspecified atom stereocenters. The van der Waals surface area contributed by atoms with E-state index in [-0.39, 0.29) is 36.1 Å². The standard InChI is InChI=1S/C14H20F2N4O.ClH/c15-13(16)9-19(10-3-4-10)14(21)12-5-7-20(18-12)11-2-1-6-17-8-11;/h5,7,10-11,13,17H,1-4,6,8-9H2;1H. The van der Waals surface area contributed by atoms with Crippen LogP contribution in [0, 0.1) is 0 Å². The first-order valence-electron chi connectivity index (χ1n) is 7.50. The summed E-state index contributed by atoms with van der Waals surface area (Å²) in [5.41, 5.74) is 0.271. The number of nitrogens with zero attached hydrogens (tertiary/aromatic N) is 3. The Morgan fingerprint density at radius 2 is 2.23 bits per heavy atom. The Morgan fingerprint density at radius 1 is 1.45 bits per heavy atom. The van der Waals surface area contributed by atoms with Crippen molar-refractivity contribution in [3.8, 4) is 0 Å². The molecule has 8 heteroatoms. The van der Waals surface area contributed by atoms with E-state index in [1.165, 1.54) is 4.90 Å². The molecular weight excluding hydrogens is 314 g/mol. The molecule has 1 saturated carbocycles. The van der Waals surface area contributed by atoms with Gasteiger partial charge in [-0.1, -0.05) is 0 Å². The van der Waals surface area contributed by atoms with Crippen LogP contribution in [-0.4, -0.2) is 52.7 Å². The van der Waals surface area contributed by atoms with Gasteiger partial charge in [0.25, 0.3) is 12.3 Å². The zero-order valence-corrected chi connectivity index (χ0v) is 13.1. The molecule has 124 valence electrons. The van der Waals surface area contributed by atoms with Gasteiger partial charge in [0.05, 0.1) is 12.6 Å². The highest BCUT2D eigenvalue weighted by molar-refractivity contribution is 5.92. The number of piperidine rings is 1. The molecule has 1 N–H and O–H groups in total. The van der Waals surface area contributed by atoms with Crippen molar-refractivity contribution < 1.29 is 13.6 Å². The fourth-order valence-electron chi connectivity index (χ4n) is 2.79. The summed E-state index contributed by atoms with van der Waals surface area (Å²) >= 11 is 0. The molecule has 1 saturated heterocycles. The van der Waals surface area contributed by atoms with Crippen LogP contribution < -0.4 is 5.32 Å². The number of hydrogen-bond donors (Lipinski definition) is 1. The lowest BCUT2D eigenvalue weighted by Gasteiger charge is -2.23. The van der Waals surface area contributed by atoms with E-state index >= 15 is 0 Å². The molecule has 1 aromatic heterocycles. The van der Waals surface area contributed by atoms with Crippen molar-refractivity contribution in [1.29, 1.82) is 0 Å². The number of halogens is 3. The Bertz CT molecular complexity index is 501. The SMILES string of the molecule is Cl.O=C(c1ccn(C2CCCNC2)n1)N(CC(F)F)C1CC1. The van der Waals surface area contributed by atoms with Crippen molar-refractivity contribution in [2.24, 2.45) is 0 Å². The zero-order chi connectivity index (χ0) is 14.8. The third kappa shape index (κ3) is 3.95. The van der Waals surface area contributed by atoms with E-state index in [1.54, 1.807) is 16.9 Å². The molecule has 0 radical (unpaired) electrons. The molecule has 1 atom stereocenters. The number of alkyl halides is 2. The summed E-state index contributed by atoms with van der Waals surface area (Å²) < 4.78 is 27.0. The summed E-state index contributed by atoms with van der Waals surface area (Å²) in [5.74, 6) is -0.375. The summed E-state index contributed by atoms with van der Waals surface area (Å²) in [6, 6.07) is 1.84. The van der Waals surface area contributed by atoms with Crippen molar-refractivity contribution in [3.05, 3.63) is 18.0 Å². The van der Waals surface area contributed by atoms with E-state index in [1.807, 2.05) is 0 Å². The number of amides is 1. The van der Waals surface area contributed by atoms with Crippen molar-refractivity contribution in [3.63, 3.8) is 0 Å². The van der Waals surface area contributed by atoms with Crippen LogP contribution in [0.5, 0.6) is 0 Å². The molecule has 1 amide bonds. The van der Waals surface area contributed by atoms with E-state index in [0.29, 0.717) is 0 Å². The van der Waals surface area contributed by atoms with Gasteiger partial charge >= 0.3 is 0 Å². The van der Waals surface area contributed by atoms with Crippen LogP contribution in [0.2, 0.25) is 0 Å². The second-order valence-corrected chi connectivity index (χ2v) is 5.76. The van der Waals surface area contributed by atoms with Gasteiger partial charge in [-0.25, -0.2) is 8.78 Å². The van der Waals surface area contributed by atoms with Crippen molar-refractivity contribution >= 4 is 18.3 Å². The number of hydrogen-bond acceptors (Lipinski definition) is 3. The Morgan fingerprint density at radius 3 is 2.82 bits per heavy atom. The van der Waals surface area contributed by atoms with Gasteiger partial charge in [-0.15, -0.1) is 12.4 Å². The van der Waals surface area contributed by atoms with Crippen molar-refractivity contribution in [2.75, 3.05) is 19.6 Å². The van der Waals surface area contributed by atoms with Gasteiger partial charge in [0, 0.05) is 18.8 Å². The Labute approximate surface area is 134 Å². The highest BCUT2D eigenvalue weighted by Crippen LogP contribution is 2.28. The maximum absolute atomic E-state index is 12.6. The third-order valence-electron chi connectivity index (χ3n) is 4.06. The summed E-state index contributed by atoms with van der Waals surface area (Å²) in [6.45, 7) is 1.34. The average molecular weight is 335 g/mol. The second kappa shape index (κ2) is 7.37. The summed E-state index contributed by atoms with van der Waals surface area (Å²) in [4.78, 5) is 13.6. The quantitative estimate of drug-likeness (QED) is 0.897. The molecule has 2 heterocycles. The number of carbonyl (C=O) groups is 1. The molecule has 0 spiro atoms. The topological polar surface area (TPSA) is 50.2 Å². The van der Waals surface area contributed by atoms with Crippen LogP contribution >= 0.6 is 12.4 Å². The van der Waals surface area contributed by atoms with E-state index in [2.05, 4.69) is 10.4 Å². The first kappa shape index (κ1) is 17.1. The Hall–Kier alpha value is -1.21. The van der Waals surface area contributed by atoms with Crippen LogP contribution in [0.3, 0.4) is 0 Å². The normalized spacial score (nSPS) is 21.5. The monoisotopic (exact) mass is 334 g/mol. The highest BCUT2D eigenvalue weighted by Gasteiger charge is 2.35. The smallest absolute Gasteiger partial charge is 0.274 e. The van der Waals surface area contributed by atoms with E-state index in [4.69, 9.17) is 0 Å². The van der Waals surface area contributed by atoms with Crippen LogP contribution in [0.15, 0.2) is 12.3 Å². The Kier molecular flexibility index (Phi) is 5.74. The molecule has 5 nitrogen and oxygen atoms in total. The number of nitrogens with one attached hydrogen (secondary N) is 1. The molecule has 22 heavy (non-hydrogen) atoms. The summed E-state index contributed by atoms with van der Waals surface area (Å²) in [7, 11) is 0. The largest absolute Gasteiger partial charge is 0.329 e. The zero-order valence-electron chi connectivity index (χ0n) is 12.3. The van der Waals surface area contributed by atoms with Gasteiger partial charge in [-0.2, -0.15) is 5.10 Å². The lowest BCUT2D eigenvalue weighted by atomic mass is 10.1. The Balaban J connectivity index is 0.00000176. The van der Waals surface area contributed by atoms with Gasteiger partial charge in [0.15, 0.2) is 0 Å². The molecular formula is C14H21ClF2N4O. The fraction of sp³-hybridized carbons (Fsp3) is 0.714. The minimum atomic E-state index is -2.50. The number of carbonyl (C=O) groups excluding carboxylic acids is 1. The highest BCUT2D eigenvalue weighted by atomic mass is 35.5. The minimum Gasteiger partial charge on any atom is -0.329 e. The lowest BCUT2D eigenvalue weighted by Crippen LogP contribution is -2.37. The predicted molar refractivity (Wildman–Crippen MR) is 80.7 cm³/mol. The van der Waals surface area contributed by atoms with E-state index < -0.39 is 13.0 Å². The molecule has 0 bridgehead atoms. The molecule has 0 aromatic carbocycles. The molecule has 2 aliphatic rings. The third-order valence-corrected chi connectivity index (χ3v) is 4.06. The van der Waals surface area contributed by atoms with Crippen molar-refractivity contribution in [1.82, 2.24) is 20.0 Å². The van der Waals surface area contributed by atoms with E-state index in [0.717, 1.165) is 38.8 Å². The van der Waals surface area contributed by atoms with E-state index in [9.17, 15) is 13.6 Å². The van der Waals surface area contributed by atoms with Gasteiger partial charge < -0.3 is 10.2 Å². The lowest BCUT2D eigenvalue weighted by molar-refractivity contribution is 0.0528. The maximum Gasteiger partial charge on any atom is 0.274 e. The fourth-order valence-corrected chi connectivity index (χ4v) is 2.79. The molecule has 3 rings (SSSR count). The van der Waals surface area contributed by atoms with Gasteiger partial charge in [0.2, 0.25) is 0 Å². The molecule has 1 aromatic rings. The van der Waals surface area contributed by atoms with Gasteiger partial charge in [0.1, 0.15) is 5.69 Å². The predicted octanol–water partition coefficient (Wildman–Crippen LogP) is 2.10. The molecule has 1 aliphatic heterocycles. The number of rotatable bonds is 5. The molecule has 2 fully saturated rings. The van der Waals surface area contributed by atoms with Crippen LogP contribution in [0.1, 0.15) is 42.2 Å². The summed E-state index contributed by atoms with van der Waals surface area (Å²) in [5, 5.41) is 7.61. The van der Waals surface area contributed by atoms with Gasteiger partial charge in [-0.3, -0.25) is 9.48 Å². The second-order valence-electron chi connectivity index (χ2n) is 5.76. The van der Waals surface area contributed by atoms with Crippen LogP contribution in [0.4, 0.5) is 8.78 Å². The number of aromatic nitrogens is 2. The summed E-state index contributed by atoms with van der Waals surface area (Å²) in [6.07, 6.45) is 2.99. The minimum absolute atomic E-state index is 0. The first-order valence-corrected chi connectivity index (χ1v) is 7.50. The van der Waals surface area contributed by atoms with Crippen molar-refractivity contribution in [2.45, 2.75) is 44.2 Å². The average Bonchev–Trinajstić information content (AvgIpc) is 3.21.